The molecule has 0 aliphatic rings. The molecule has 0 spiro atoms. The van der Waals surface area contributed by atoms with Crippen molar-refractivity contribution in [3.05, 3.63) is 42.7 Å². The normalized spacial score (nSPS) is 12.4. The smallest absolute Gasteiger partial charge is 0.241 e. The second-order valence-electron chi connectivity index (χ2n) is 5.83. The Balaban J connectivity index is 0.00000220. The fraction of sp³-hybridized carbons (Fsp3) is 0.333. The molecule has 1 aromatic heterocycles. The van der Waals surface area contributed by atoms with Crippen LogP contribution in [0.1, 0.15) is 20.8 Å². The fourth-order valence-corrected chi connectivity index (χ4v) is 1.76. The number of anilines is 1. The van der Waals surface area contributed by atoms with Crippen LogP contribution in [-0.4, -0.2) is 21.7 Å². The number of halogens is 1. The van der Waals surface area contributed by atoms with Crippen LogP contribution in [0.3, 0.4) is 0 Å². The highest BCUT2D eigenvalue weighted by Gasteiger charge is 2.27. The molecule has 3 N–H and O–H groups in total. The predicted octanol–water partition coefficient (Wildman–Crippen LogP) is 2.61. The van der Waals surface area contributed by atoms with Gasteiger partial charge in [-0.25, -0.2) is 4.68 Å². The molecule has 2 rings (SSSR count). The molecule has 0 unspecified atom stereocenters. The lowest BCUT2D eigenvalue weighted by Crippen LogP contribution is -2.45. The first-order valence-corrected chi connectivity index (χ1v) is 6.54. The molecule has 5 nitrogen and oxygen atoms in total. The summed E-state index contributed by atoms with van der Waals surface area (Å²) in [5, 5.41) is 7.01. The fourth-order valence-electron chi connectivity index (χ4n) is 1.76. The van der Waals surface area contributed by atoms with Crippen molar-refractivity contribution in [1.29, 1.82) is 0 Å². The van der Waals surface area contributed by atoms with Crippen LogP contribution in [0.4, 0.5) is 5.69 Å². The maximum Gasteiger partial charge on any atom is 0.241 e. The zero-order valence-electron chi connectivity index (χ0n) is 12.4. The van der Waals surface area contributed by atoms with Crippen molar-refractivity contribution < 1.29 is 4.79 Å². The topological polar surface area (TPSA) is 72.9 Å². The molecular formula is C15H21ClN4O. The van der Waals surface area contributed by atoms with E-state index in [1.54, 1.807) is 10.9 Å². The number of hydrogen-bond acceptors (Lipinski definition) is 3. The number of rotatable bonds is 3. The van der Waals surface area contributed by atoms with Crippen molar-refractivity contribution in [2.24, 2.45) is 11.1 Å². The molecule has 2 aromatic rings. The summed E-state index contributed by atoms with van der Waals surface area (Å²) in [6, 6.07) is 8.78. The van der Waals surface area contributed by atoms with Gasteiger partial charge in [-0.15, -0.1) is 12.4 Å². The number of benzene rings is 1. The van der Waals surface area contributed by atoms with Crippen molar-refractivity contribution in [2.45, 2.75) is 26.8 Å². The monoisotopic (exact) mass is 308 g/mol. The highest BCUT2D eigenvalue weighted by Crippen LogP contribution is 2.20. The highest BCUT2D eigenvalue weighted by atomic mass is 35.5. The Labute approximate surface area is 130 Å². The number of nitrogens with two attached hydrogens (primary N) is 1. The standard InChI is InChI=1S/C15H20N4O.ClH/c1-15(2,3)13(16)14(20)18-11-6-4-7-12(10-11)19-9-5-8-17-19;/h4-10,13H,16H2,1-3H3,(H,18,20);1H/t13-;/m1./s1. The zero-order valence-corrected chi connectivity index (χ0v) is 13.2. The average molecular weight is 309 g/mol. The minimum absolute atomic E-state index is 0. The van der Waals surface area contributed by atoms with E-state index in [4.69, 9.17) is 5.73 Å². The van der Waals surface area contributed by atoms with Gasteiger partial charge in [0.05, 0.1) is 11.7 Å². The molecule has 1 heterocycles. The minimum atomic E-state index is -0.559. The number of carbonyl (C=O) groups excluding carboxylic acids is 1. The van der Waals surface area contributed by atoms with Gasteiger partial charge in [0.15, 0.2) is 0 Å². The lowest BCUT2D eigenvalue weighted by atomic mass is 9.87. The first kappa shape index (κ1) is 17.2. The third-order valence-electron chi connectivity index (χ3n) is 3.10. The molecule has 0 saturated carbocycles. The van der Waals surface area contributed by atoms with E-state index in [2.05, 4.69) is 10.4 Å². The Morgan fingerprint density at radius 1 is 1.33 bits per heavy atom. The molecule has 0 radical (unpaired) electrons. The largest absolute Gasteiger partial charge is 0.325 e. The lowest BCUT2D eigenvalue weighted by Gasteiger charge is -2.25. The van der Waals surface area contributed by atoms with Gasteiger partial charge in [0.1, 0.15) is 0 Å². The van der Waals surface area contributed by atoms with E-state index in [0.717, 1.165) is 5.69 Å². The molecular weight excluding hydrogens is 288 g/mol. The second kappa shape index (κ2) is 6.74. The second-order valence-corrected chi connectivity index (χ2v) is 5.83. The lowest BCUT2D eigenvalue weighted by molar-refractivity contribution is -0.119. The van der Waals surface area contributed by atoms with Crippen LogP contribution in [0, 0.1) is 5.41 Å². The molecule has 0 saturated heterocycles. The molecule has 1 aromatic carbocycles. The molecule has 0 bridgehead atoms. The van der Waals surface area contributed by atoms with Gasteiger partial charge in [0.2, 0.25) is 5.91 Å². The maximum atomic E-state index is 12.1. The summed E-state index contributed by atoms with van der Waals surface area (Å²) in [5.74, 6) is -0.185. The van der Waals surface area contributed by atoms with Gasteiger partial charge in [-0.2, -0.15) is 5.10 Å². The van der Waals surface area contributed by atoms with Crippen LogP contribution in [-0.2, 0) is 4.79 Å². The minimum Gasteiger partial charge on any atom is -0.325 e. The quantitative estimate of drug-likeness (QED) is 0.915. The van der Waals surface area contributed by atoms with E-state index >= 15 is 0 Å². The summed E-state index contributed by atoms with van der Waals surface area (Å²) in [6.45, 7) is 5.83. The number of carbonyl (C=O) groups is 1. The zero-order chi connectivity index (χ0) is 14.8. The van der Waals surface area contributed by atoms with Crippen LogP contribution < -0.4 is 11.1 Å². The molecule has 0 aliphatic carbocycles. The molecule has 6 heteroatoms. The van der Waals surface area contributed by atoms with Gasteiger partial charge in [-0.3, -0.25) is 4.79 Å². The van der Waals surface area contributed by atoms with E-state index in [1.807, 2.05) is 57.3 Å². The van der Waals surface area contributed by atoms with Crippen molar-refractivity contribution in [2.75, 3.05) is 5.32 Å². The number of aromatic nitrogens is 2. The van der Waals surface area contributed by atoms with Crippen LogP contribution >= 0.6 is 12.4 Å². The first-order chi connectivity index (χ1) is 9.38. The summed E-state index contributed by atoms with van der Waals surface area (Å²) in [4.78, 5) is 12.1. The van der Waals surface area contributed by atoms with Gasteiger partial charge in [0, 0.05) is 18.1 Å². The summed E-state index contributed by atoms with van der Waals surface area (Å²) in [7, 11) is 0. The van der Waals surface area contributed by atoms with Crippen molar-refractivity contribution in [1.82, 2.24) is 9.78 Å². The first-order valence-electron chi connectivity index (χ1n) is 6.54. The molecule has 21 heavy (non-hydrogen) atoms. The van der Waals surface area contributed by atoms with Crippen molar-refractivity contribution in [3.8, 4) is 5.69 Å². The SMILES string of the molecule is CC(C)(C)[C@H](N)C(=O)Nc1cccc(-n2cccn2)c1.Cl. The Bertz CT molecular complexity index is 590. The van der Waals surface area contributed by atoms with Gasteiger partial charge in [0.25, 0.3) is 0 Å². The molecule has 1 amide bonds. The van der Waals surface area contributed by atoms with Crippen LogP contribution in [0.15, 0.2) is 42.7 Å². The summed E-state index contributed by atoms with van der Waals surface area (Å²) < 4.78 is 1.74. The van der Waals surface area contributed by atoms with Crippen LogP contribution in [0.25, 0.3) is 5.69 Å². The van der Waals surface area contributed by atoms with Gasteiger partial charge >= 0.3 is 0 Å². The van der Waals surface area contributed by atoms with Gasteiger partial charge in [-0.05, 0) is 29.7 Å². The number of hydrogen-bond donors (Lipinski definition) is 2. The van der Waals surface area contributed by atoms with E-state index in [1.165, 1.54) is 0 Å². The Kier molecular flexibility index (Phi) is 5.52. The number of nitrogens with one attached hydrogen (secondary N) is 1. The Hall–Kier alpha value is -1.85. The average Bonchev–Trinajstić information content (AvgIpc) is 2.91. The van der Waals surface area contributed by atoms with Crippen LogP contribution in [0.5, 0.6) is 0 Å². The summed E-state index contributed by atoms with van der Waals surface area (Å²) >= 11 is 0. The molecule has 0 aliphatic heterocycles. The molecule has 0 fully saturated rings. The van der Waals surface area contributed by atoms with Gasteiger partial charge in [-0.1, -0.05) is 26.8 Å². The van der Waals surface area contributed by atoms with Crippen molar-refractivity contribution >= 4 is 24.0 Å². The van der Waals surface area contributed by atoms with E-state index < -0.39 is 6.04 Å². The van der Waals surface area contributed by atoms with Crippen LogP contribution in [0.2, 0.25) is 0 Å². The third-order valence-corrected chi connectivity index (χ3v) is 3.10. The van der Waals surface area contributed by atoms with Crippen molar-refractivity contribution in [3.63, 3.8) is 0 Å². The summed E-state index contributed by atoms with van der Waals surface area (Å²) in [6.07, 6.45) is 3.56. The third kappa shape index (κ3) is 4.31. The van der Waals surface area contributed by atoms with E-state index in [9.17, 15) is 4.79 Å². The Morgan fingerprint density at radius 3 is 2.62 bits per heavy atom. The highest BCUT2D eigenvalue weighted by molar-refractivity contribution is 5.95. The van der Waals surface area contributed by atoms with Gasteiger partial charge < -0.3 is 11.1 Å². The summed E-state index contributed by atoms with van der Waals surface area (Å²) in [5.41, 5.74) is 7.27. The maximum absolute atomic E-state index is 12.1. The predicted molar refractivity (Wildman–Crippen MR) is 86.9 cm³/mol. The molecule has 1 atom stereocenters. The number of amides is 1. The van der Waals surface area contributed by atoms with E-state index in [0.29, 0.717) is 5.69 Å². The van der Waals surface area contributed by atoms with E-state index in [-0.39, 0.29) is 23.7 Å². The Morgan fingerprint density at radius 2 is 2.05 bits per heavy atom. The molecule has 114 valence electrons. The number of nitrogens with zero attached hydrogens (tertiary/aromatic N) is 2.